The van der Waals surface area contributed by atoms with E-state index in [2.05, 4.69) is 22.9 Å². The van der Waals surface area contributed by atoms with Gasteiger partial charge in [-0.05, 0) is 37.6 Å². The third-order valence-corrected chi connectivity index (χ3v) is 3.82. The second-order valence-electron chi connectivity index (χ2n) is 5.28. The van der Waals surface area contributed by atoms with Gasteiger partial charge in [0.15, 0.2) is 0 Å². The van der Waals surface area contributed by atoms with Crippen LogP contribution in [0.4, 0.5) is 0 Å². The maximum Gasteiger partial charge on any atom is 0.274 e. The minimum atomic E-state index is -0.535. The third kappa shape index (κ3) is 4.05. The Morgan fingerprint density at radius 1 is 1.21 bits per heavy atom. The van der Waals surface area contributed by atoms with Gasteiger partial charge in [-0.25, -0.2) is 0 Å². The van der Waals surface area contributed by atoms with Crippen molar-refractivity contribution in [3.63, 3.8) is 0 Å². The molecule has 2 rings (SSSR count). The predicted octanol–water partition coefficient (Wildman–Crippen LogP) is 2.43. The number of carbonyl (C=O) groups excluding carboxylic acids is 2. The van der Waals surface area contributed by atoms with E-state index in [1.807, 2.05) is 0 Å². The van der Waals surface area contributed by atoms with Crippen LogP contribution in [0.5, 0.6) is 5.75 Å². The van der Waals surface area contributed by atoms with E-state index in [1.165, 1.54) is 24.3 Å². The maximum atomic E-state index is 12.3. The standard InChI is InChI=1S/C16H19ClN4O3/c1-3-4-9-21-14(17)13(10(2)20-21)16(24)19-18-15(23)11-5-7-12(22)8-6-11/h5-8,22H,3-4,9H2,1-2H3,(H,18,23)(H,19,24). The molecule has 1 heterocycles. The summed E-state index contributed by atoms with van der Waals surface area (Å²) in [6.07, 6.45) is 1.89. The highest BCUT2D eigenvalue weighted by Crippen LogP contribution is 2.20. The molecule has 1 aromatic heterocycles. The van der Waals surface area contributed by atoms with E-state index in [0.717, 1.165) is 12.8 Å². The molecule has 0 atom stereocenters. The number of benzene rings is 1. The number of hydrogen-bond donors (Lipinski definition) is 3. The molecule has 0 fully saturated rings. The SMILES string of the molecule is CCCCn1nc(C)c(C(=O)NNC(=O)c2ccc(O)cc2)c1Cl. The summed E-state index contributed by atoms with van der Waals surface area (Å²) in [4.78, 5) is 24.2. The van der Waals surface area contributed by atoms with Crippen LogP contribution in [0.2, 0.25) is 5.15 Å². The summed E-state index contributed by atoms with van der Waals surface area (Å²) >= 11 is 6.21. The van der Waals surface area contributed by atoms with E-state index >= 15 is 0 Å². The molecule has 0 saturated carbocycles. The van der Waals surface area contributed by atoms with Crippen LogP contribution in [0.1, 0.15) is 46.2 Å². The molecule has 128 valence electrons. The van der Waals surface area contributed by atoms with Gasteiger partial charge in [-0.1, -0.05) is 24.9 Å². The lowest BCUT2D eigenvalue weighted by Gasteiger charge is -2.07. The molecular weight excluding hydrogens is 332 g/mol. The van der Waals surface area contributed by atoms with Gasteiger partial charge in [0.1, 0.15) is 16.5 Å². The van der Waals surface area contributed by atoms with E-state index in [-0.39, 0.29) is 16.5 Å². The average Bonchev–Trinajstić information content (AvgIpc) is 2.85. The Morgan fingerprint density at radius 3 is 2.46 bits per heavy atom. The minimum Gasteiger partial charge on any atom is -0.508 e. The molecule has 0 spiro atoms. The first-order valence-corrected chi connectivity index (χ1v) is 7.94. The lowest BCUT2D eigenvalue weighted by Crippen LogP contribution is -2.41. The molecule has 2 amide bonds. The predicted molar refractivity (Wildman–Crippen MR) is 89.9 cm³/mol. The zero-order chi connectivity index (χ0) is 17.7. The first-order chi connectivity index (χ1) is 11.4. The van der Waals surface area contributed by atoms with Gasteiger partial charge >= 0.3 is 0 Å². The van der Waals surface area contributed by atoms with Gasteiger partial charge in [0.25, 0.3) is 11.8 Å². The molecule has 0 bridgehead atoms. The molecule has 0 radical (unpaired) electrons. The van der Waals surface area contributed by atoms with Crippen LogP contribution in [0.25, 0.3) is 0 Å². The Labute approximate surface area is 144 Å². The normalized spacial score (nSPS) is 10.5. The van der Waals surface area contributed by atoms with Gasteiger partial charge in [0, 0.05) is 12.1 Å². The summed E-state index contributed by atoms with van der Waals surface area (Å²) < 4.78 is 1.58. The number of carbonyl (C=O) groups is 2. The molecule has 0 unspecified atom stereocenters. The van der Waals surface area contributed by atoms with Crippen LogP contribution < -0.4 is 10.9 Å². The third-order valence-electron chi connectivity index (χ3n) is 3.44. The molecule has 1 aromatic carbocycles. The number of aromatic hydroxyl groups is 1. The van der Waals surface area contributed by atoms with Crippen molar-refractivity contribution >= 4 is 23.4 Å². The summed E-state index contributed by atoms with van der Waals surface area (Å²) in [6.45, 7) is 4.37. The number of nitrogens with one attached hydrogen (secondary N) is 2. The van der Waals surface area contributed by atoms with Gasteiger partial charge in [-0.2, -0.15) is 5.10 Å². The molecule has 0 saturated heterocycles. The van der Waals surface area contributed by atoms with Crippen LogP contribution in [0.15, 0.2) is 24.3 Å². The zero-order valence-corrected chi connectivity index (χ0v) is 14.2. The quantitative estimate of drug-likeness (QED) is 0.721. The molecule has 0 aliphatic carbocycles. The smallest absolute Gasteiger partial charge is 0.274 e. The molecule has 7 nitrogen and oxygen atoms in total. The van der Waals surface area contributed by atoms with Crippen LogP contribution in [-0.2, 0) is 6.54 Å². The second-order valence-corrected chi connectivity index (χ2v) is 5.64. The van der Waals surface area contributed by atoms with E-state index in [0.29, 0.717) is 17.8 Å². The van der Waals surface area contributed by atoms with Crippen molar-refractivity contribution in [2.75, 3.05) is 0 Å². The number of halogens is 1. The van der Waals surface area contributed by atoms with Gasteiger partial charge in [-0.3, -0.25) is 25.1 Å². The number of unbranched alkanes of at least 4 members (excludes halogenated alkanes) is 1. The Balaban J connectivity index is 2.03. The van der Waals surface area contributed by atoms with E-state index in [1.54, 1.807) is 11.6 Å². The number of aromatic nitrogens is 2. The van der Waals surface area contributed by atoms with Crippen molar-refractivity contribution in [1.82, 2.24) is 20.6 Å². The van der Waals surface area contributed by atoms with E-state index in [4.69, 9.17) is 11.6 Å². The highest BCUT2D eigenvalue weighted by atomic mass is 35.5. The van der Waals surface area contributed by atoms with Gasteiger partial charge < -0.3 is 5.11 Å². The molecule has 24 heavy (non-hydrogen) atoms. The van der Waals surface area contributed by atoms with E-state index in [9.17, 15) is 14.7 Å². The lowest BCUT2D eigenvalue weighted by molar-refractivity contribution is 0.0846. The number of hydrazine groups is 1. The molecule has 0 aliphatic heterocycles. The number of hydrogen-bond acceptors (Lipinski definition) is 4. The summed E-state index contributed by atoms with van der Waals surface area (Å²) in [5, 5.41) is 13.7. The van der Waals surface area contributed by atoms with Crippen LogP contribution in [0, 0.1) is 6.92 Å². The number of phenolic OH excluding ortho intramolecular Hbond substituents is 1. The number of rotatable bonds is 5. The average molecular weight is 351 g/mol. The van der Waals surface area contributed by atoms with E-state index < -0.39 is 11.8 Å². The van der Waals surface area contributed by atoms with Crippen molar-refractivity contribution < 1.29 is 14.7 Å². The maximum absolute atomic E-state index is 12.3. The highest BCUT2D eigenvalue weighted by Gasteiger charge is 2.20. The molecule has 0 aliphatic rings. The summed E-state index contributed by atoms with van der Waals surface area (Å²) in [6, 6.07) is 5.65. The summed E-state index contributed by atoms with van der Waals surface area (Å²) in [5.41, 5.74) is 5.66. The van der Waals surface area contributed by atoms with Crippen molar-refractivity contribution in [3.05, 3.63) is 46.2 Å². The fraction of sp³-hybridized carbons (Fsp3) is 0.312. The van der Waals surface area contributed by atoms with Crippen LogP contribution >= 0.6 is 11.6 Å². The van der Waals surface area contributed by atoms with Gasteiger partial charge in [-0.15, -0.1) is 0 Å². The molecular formula is C16H19ClN4O3. The monoisotopic (exact) mass is 350 g/mol. The van der Waals surface area contributed by atoms with Gasteiger partial charge in [0.05, 0.1) is 5.69 Å². The van der Waals surface area contributed by atoms with Crippen molar-refractivity contribution in [2.24, 2.45) is 0 Å². The molecule has 2 aromatic rings. The Hall–Kier alpha value is -2.54. The van der Waals surface area contributed by atoms with Crippen LogP contribution in [0.3, 0.4) is 0 Å². The summed E-state index contributed by atoms with van der Waals surface area (Å²) in [7, 11) is 0. The first-order valence-electron chi connectivity index (χ1n) is 7.56. The summed E-state index contributed by atoms with van der Waals surface area (Å²) in [5.74, 6) is -0.986. The number of amides is 2. The lowest BCUT2D eigenvalue weighted by atomic mass is 10.2. The first kappa shape index (κ1) is 17.8. The topological polar surface area (TPSA) is 96.3 Å². The Kier molecular flexibility index (Phi) is 5.81. The second kappa shape index (κ2) is 7.83. The number of phenols is 1. The number of aryl methyl sites for hydroxylation is 2. The van der Waals surface area contributed by atoms with Crippen molar-refractivity contribution in [2.45, 2.75) is 33.2 Å². The van der Waals surface area contributed by atoms with Gasteiger partial charge in [0.2, 0.25) is 0 Å². The Morgan fingerprint density at radius 2 is 1.83 bits per heavy atom. The van der Waals surface area contributed by atoms with Crippen molar-refractivity contribution in [1.29, 1.82) is 0 Å². The Bertz CT molecular complexity index is 741. The van der Waals surface area contributed by atoms with Crippen molar-refractivity contribution in [3.8, 4) is 5.75 Å². The largest absolute Gasteiger partial charge is 0.508 e. The fourth-order valence-electron chi connectivity index (χ4n) is 2.13. The highest BCUT2D eigenvalue weighted by molar-refractivity contribution is 6.33. The molecule has 8 heteroatoms. The fourth-order valence-corrected chi connectivity index (χ4v) is 2.47. The molecule has 3 N–H and O–H groups in total. The number of nitrogens with zero attached hydrogens (tertiary/aromatic N) is 2. The van der Waals surface area contributed by atoms with Crippen LogP contribution in [-0.4, -0.2) is 26.7 Å². The minimum absolute atomic E-state index is 0.0532. The zero-order valence-electron chi connectivity index (χ0n) is 13.5.